The van der Waals surface area contributed by atoms with Gasteiger partial charge in [0.05, 0.1) is 20.9 Å². The van der Waals surface area contributed by atoms with Crippen molar-refractivity contribution in [3.8, 4) is 10.6 Å². The number of anilines is 1. The van der Waals surface area contributed by atoms with Gasteiger partial charge in [-0.25, -0.2) is 0 Å². The molecule has 0 spiro atoms. The van der Waals surface area contributed by atoms with E-state index < -0.39 is 0 Å². The molecule has 0 aliphatic carbocycles. The lowest BCUT2D eigenvalue weighted by molar-refractivity contribution is 0.690. The van der Waals surface area contributed by atoms with Crippen LogP contribution in [0.15, 0.2) is 46.4 Å². The Kier molecular flexibility index (Phi) is 3.83. The van der Waals surface area contributed by atoms with Gasteiger partial charge in [0.25, 0.3) is 0 Å². The third-order valence-electron chi connectivity index (χ3n) is 2.89. The van der Waals surface area contributed by atoms with Crippen molar-refractivity contribution in [3.63, 3.8) is 0 Å². The zero-order chi connectivity index (χ0) is 14.1. The van der Waals surface area contributed by atoms with Gasteiger partial charge >= 0.3 is 0 Å². The molecule has 102 valence electrons. The average molecular weight is 369 g/mol. The van der Waals surface area contributed by atoms with Crippen molar-refractivity contribution < 1.29 is 0 Å². The highest BCUT2D eigenvalue weighted by atomic mass is 79.9. The smallest absolute Gasteiger partial charge is 0.125 e. The van der Waals surface area contributed by atoms with Crippen molar-refractivity contribution in [3.05, 3.63) is 57.0 Å². The molecule has 0 atom stereocenters. The van der Waals surface area contributed by atoms with Gasteiger partial charge in [-0.1, -0.05) is 29.8 Å². The summed E-state index contributed by atoms with van der Waals surface area (Å²) in [6, 6.07) is 11.7. The van der Waals surface area contributed by atoms with Gasteiger partial charge in [-0.2, -0.15) is 5.10 Å². The molecular weight excluding hydrogens is 358 g/mol. The van der Waals surface area contributed by atoms with Gasteiger partial charge in [-0.3, -0.25) is 4.68 Å². The average Bonchev–Trinajstić information content (AvgIpc) is 2.98. The Morgan fingerprint density at radius 2 is 2.05 bits per heavy atom. The molecule has 20 heavy (non-hydrogen) atoms. The van der Waals surface area contributed by atoms with Crippen LogP contribution in [0.4, 0.5) is 5.69 Å². The summed E-state index contributed by atoms with van der Waals surface area (Å²) in [5.74, 6) is 0. The van der Waals surface area contributed by atoms with Gasteiger partial charge in [0, 0.05) is 11.2 Å². The number of benzene rings is 1. The number of nitrogens with two attached hydrogens (primary N) is 1. The summed E-state index contributed by atoms with van der Waals surface area (Å²) < 4.78 is 2.88. The molecule has 3 aromatic rings. The van der Waals surface area contributed by atoms with E-state index >= 15 is 0 Å². The van der Waals surface area contributed by atoms with E-state index in [4.69, 9.17) is 17.3 Å². The van der Waals surface area contributed by atoms with Crippen LogP contribution in [-0.2, 0) is 6.54 Å². The van der Waals surface area contributed by atoms with Crippen LogP contribution in [0.5, 0.6) is 0 Å². The summed E-state index contributed by atoms with van der Waals surface area (Å²) >= 11 is 11.2. The van der Waals surface area contributed by atoms with E-state index in [1.54, 1.807) is 11.3 Å². The molecule has 2 heterocycles. The van der Waals surface area contributed by atoms with Gasteiger partial charge in [0.2, 0.25) is 0 Å². The lowest BCUT2D eigenvalue weighted by Gasteiger charge is -2.03. The van der Waals surface area contributed by atoms with Gasteiger partial charge in [0.15, 0.2) is 0 Å². The Bertz CT molecular complexity index is 750. The van der Waals surface area contributed by atoms with Crippen LogP contribution >= 0.6 is 38.9 Å². The third kappa shape index (κ3) is 2.75. The van der Waals surface area contributed by atoms with E-state index in [0.29, 0.717) is 12.2 Å². The number of nitrogen functional groups attached to an aromatic ring is 1. The number of rotatable bonds is 3. The van der Waals surface area contributed by atoms with E-state index in [9.17, 15) is 0 Å². The molecule has 0 amide bonds. The zero-order valence-corrected chi connectivity index (χ0v) is 13.5. The van der Waals surface area contributed by atoms with Crippen LogP contribution in [0.2, 0.25) is 5.02 Å². The zero-order valence-electron chi connectivity index (χ0n) is 10.4. The minimum absolute atomic E-state index is 0.608. The first-order chi connectivity index (χ1) is 9.63. The summed E-state index contributed by atoms with van der Waals surface area (Å²) in [5, 5.41) is 5.29. The minimum atomic E-state index is 0.608. The van der Waals surface area contributed by atoms with Gasteiger partial charge in [0.1, 0.15) is 5.69 Å². The van der Waals surface area contributed by atoms with Gasteiger partial charge < -0.3 is 5.73 Å². The Balaban J connectivity index is 1.91. The minimum Gasteiger partial charge on any atom is -0.396 e. The third-order valence-corrected chi connectivity index (χ3v) is 4.89. The van der Waals surface area contributed by atoms with Crippen molar-refractivity contribution in [1.29, 1.82) is 0 Å². The molecule has 2 aromatic heterocycles. The maximum atomic E-state index is 6.16. The predicted octanol–water partition coefficient (Wildman–Crippen LogP) is 4.66. The first-order valence-corrected chi connectivity index (χ1v) is 7.94. The van der Waals surface area contributed by atoms with E-state index in [1.807, 2.05) is 47.3 Å². The second-order valence-electron chi connectivity index (χ2n) is 4.33. The first kappa shape index (κ1) is 13.7. The molecular formula is C14H11BrClN3S. The highest BCUT2D eigenvalue weighted by molar-refractivity contribution is 9.11. The van der Waals surface area contributed by atoms with Crippen LogP contribution < -0.4 is 5.73 Å². The van der Waals surface area contributed by atoms with E-state index in [0.717, 1.165) is 24.9 Å². The number of halogens is 2. The molecule has 3 nitrogen and oxygen atoms in total. The van der Waals surface area contributed by atoms with Gasteiger partial charge in [-0.15, -0.1) is 11.3 Å². The molecule has 0 fully saturated rings. The topological polar surface area (TPSA) is 43.8 Å². The Morgan fingerprint density at radius 3 is 2.75 bits per heavy atom. The van der Waals surface area contributed by atoms with Crippen LogP contribution in [-0.4, -0.2) is 9.78 Å². The normalized spacial score (nSPS) is 10.9. The molecule has 0 unspecified atom stereocenters. The summed E-state index contributed by atoms with van der Waals surface area (Å²) in [6.45, 7) is 0.608. The van der Waals surface area contributed by atoms with E-state index in [1.165, 1.54) is 0 Å². The molecule has 2 N–H and O–H groups in total. The standard InChI is InChI=1S/C14H11BrClN3S/c15-13-6-5-12(20-13)14-11(17)8-19(18-14)7-9-3-1-2-4-10(9)16/h1-6,8H,7,17H2. The largest absolute Gasteiger partial charge is 0.396 e. The molecule has 6 heteroatoms. The monoisotopic (exact) mass is 367 g/mol. The number of hydrogen-bond donors (Lipinski definition) is 1. The highest BCUT2D eigenvalue weighted by Gasteiger charge is 2.11. The first-order valence-electron chi connectivity index (χ1n) is 5.95. The Morgan fingerprint density at radius 1 is 1.25 bits per heavy atom. The molecule has 0 saturated heterocycles. The fourth-order valence-electron chi connectivity index (χ4n) is 1.95. The molecule has 0 radical (unpaired) electrons. The lowest BCUT2D eigenvalue weighted by atomic mass is 10.2. The molecule has 1 aromatic carbocycles. The van der Waals surface area contributed by atoms with E-state index in [-0.39, 0.29) is 0 Å². The summed E-state index contributed by atoms with van der Waals surface area (Å²) in [6.07, 6.45) is 1.84. The van der Waals surface area contributed by atoms with Crippen LogP contribution in [0, 0.1) is 0 Å². The van der Waals surface area contributed by atoms with Crippen molar-refractivity contribution in [1.82, 2.24) is 9.78 Å². The van der Waals surface area contributed by atoms with Crippen LogP contribution in [0.25, 0.3) is 10.6 Å². The van der Waals surface area contributed by atoms with Crippen LogP contribution in [0.1, 0.15) is 5.56 Å². The summed E-state index contributed by atoms with van der Waals surface area (Å²) in [5.41, 5.74) is 8.56. The maximum absolute atomic E-state index is 6.16. The predicted molar refractivity (Wildman–Crippen MR) is 88.2 cm³/mol. The number of thiophene rings is 1. The number of aromatic nitrogens is 2. The SMILES string of the molecule is Nc1cn(Cc2ccccc2Cl)nc1-c1ccc(Br)s1. The van der Waals surface area contributed by atoms with Crippen molar-refractivity contribution in [2.24, 2.45) is 0 Å². The van der Waals surface area contributed by atoms with Crippen molar-refractivity contribution in [2.45, 2.75) is 6.54 Å². The quantitative estimate of drug-likeness (QED) is 0.731. The molecule has 0 aliphatic rings. The summed E-state index contributed by atoms with van der Waals surface area (Å²) in [4.78, 5) is 1.05. The summed E-state index contributed by atoms with van der Waals surface area (Å²) in [7, 11) is 0. The van der Waals surface area contributed by atoms with Crippen LogP contribution in [0.3, 0.4) is 0 Å². The van der Waals surface area contributed by atoms with Crippen molar-refractivity contribution in [2.75, 3.05) is 5.73 Å². The second kappa shape index (κ2) is 5.60. The second-order valence-corrected chi connectivity index (χ2v) is 7.20. The Hall–Kier alpha value is -1.30. The van der Waals surface area contributed by atoms with Crippen molar-refractivity contribution >= 4 is 44.6 Å². The molecule has 0 aliphatic heterocycles. The fourth-order valence-corrected chi connectivity index (χ4v) is 3.54. The molecule has 0 bridgehead atoms. The fraction of sp³-hybridized carbons (Fsp3) is 0.0714. The Labute approximate surface area is 134 Å². The van der Waals surface area contributed by atoms with E-state index in [2.05, 4.69) is 21.0 Å². The maximum Gasteiger partial charge on any atom is 0.125 e. The highest BCUT2D eigenvalue weighted by Crippen LogP contribution is 2.33. The molecule has 3 rings (SSSR count). The number of hydrogen-bond acceptors (Lipinski definition) is 3. The van der Waals surface area contributed by atoms with Gasteiger partial charge in [-0.05, 0) is 39.7 Å². The number of nitrogens with zero attached hydrogens (tertiary/aromatic N) is 2. The molecule has 0 saturated carbocycles. The lowest BCUT2D eigenvalue weighted by Crippen LogP contribution is -2.00.